The van der Waals surface area contributed by atoms with E-state index >= 15 is 0 Å². The topological polar surface area (TPSA) is 24.1 Å². The monoisotopic (exact) mass is 292 g/mol. The zero-order valence-corrected chi connectivity index (χ0v) is 13.4. The Hall–Kier alpha value is -2.48. The van der Waals surface area contributed by atoms with E-state index < -0.39 is 0 Å². The van der Waals surface area contributed by atoms with Gasteiger partial charge in [-0.2, -0.15) is 0 Å². The van der Waals surface area contributed by atoms with Crippen LogP contribution in [0.15, 0.2) is 73.1 Å². The molecule has 0 atom stereocenters. The lowest BCUT2D eigenvalue weighted by molar-refractivity contribution is 0.795. The molecule has 0 amide bonds. The lowest BCUT2D eigenvalue weighted by Crippen LogP contribution is -2.20. The van der Waals surface area contributed by atoms with E-state index in [-0.39, 0.29) is 0 Å². The van der Waals surface area contributed by atoms with E-state index in [4.69, 9.17) is 0 Å². The van der Waals surface area contributed by atoms with E-state index in [1.54, 1.807) is 0 Å². The molecule has 2 nitrogen and oxygen atoms in total. The van der Waals surface area contributed by atoms with Crippen LogP contribution in [-0.4, -0.2) is 6.54 Å². The van der Waals surface area contributed by atoms with Crippen molar-refractivity contribution in [2.75, 3.05) is 11.9 Å². The lowest BCUT2D eigenvalue weighted by Gasteiger charge is -2.15. The second kappa shape index (κ2) is 7.51. The minimum Gasteiger partial charge on any atom is -0.384 e. The summed E-state index contributed by atoms with van der Waals surface area (Å²) in [5.74, 6) is 0. The van der Waals surface area contributed by atoms with Crippen LogP contribution in [0.3, 0.4) is 0 Å². The third-order valence-corrected chi connectivity index (χ3v) is 3.71. The summed E-state index contributed by atoms with van der Waals surface area (Å²) < 4.78 is 0. The van der Waals surface area contributed by atoms with Crippen molar-refractivity contribution in [1.82, 2.24) is 5.32 Å². The average molecular weight is 292 g/mol. The van der Waals surface area contributed by atoms with Gasteiger partial charge in [0.2, 0.25) is 0 Å². The molecule has 2 heteroatoms. The van der Waals surface area contributed by atoms with Crippen LogP contribution in [-0.2, 0) is 6.42 Å². The van der Waals surface area contributed by atoms with Crippen molar-refractivity contribution in [2.24, 2.45) is 0 Å². The molecule has 0 heterocycles. The van der Waals surface area contributed by atoms with Crippen LogP contribution in [0.4, 0.5) is 5.69 Å². The number of benzene rings is 2. The maximum Gasteiger partial charge on any atom is 0.0540 e. The fourth-order valence-corrected chi connectivity index (χ4v) is 2.23. The zero-order valence-electron chi connectivity index (χ0n) is 13.4. The molecule has 0 aliphatic heterocycles. The normalized spacial score (nSPS) is 10.1. The summed E-state index contributed by atoms with van der Waals surface area (Å²) in [5, 5.41) is 6.61. The number of rotatable bonds is 7. The molecule has 0 unspecified atom stereocenters. The average Bonchev–Trinajstić information content (AvgIpc) is 2.51. The molecule has 0 spiro atoms. The van der Waals surface area contributed by atoms with Gasteiger partial charge in [0.15, 0.2) is 0 Å². The van der Waals surface area contributed by atoms with Crippen molar-refractivity contribution in [3.8, 4) is 0 Å². The molecule has 0 fully saturated rings. The van der Waals surface area contributed by atoms with E-state index in [0.29, 0.717) is 0 Å². The van der Waals surface area contributed by atoms with Gasteiger partial charge >= 0.3 is 0 Å². The van der Waals surface area contributed by atoms with Crippen LogP contribution in [0.2, 0.25) is 0 Å². The molecule has 2 aromatic carbocycles. The van der Waals surface area contributed by atoms with Gasteiger partial charge in [-0.05, 0) is 43.5 Å². The minimum atomic E-state index is 0.800. The van der Waals surface area contributed by atoms with Crippen LogP contribution in [0.5, 0.6) is 0 Å². The standard InChI is InChI=1S/C20H24N2/c1-15-9-11-20(12-10-15)22-18(4)17(3)21-14-13-19-8-6-5-7-16(19)2/h5-12,21-22H,3-4,13-14H2,1-2H3. The third-order valence-electron chi connectivity index (χ3n) is 3.71. The van der Waals surface area contributed by atoms with Crippen molar-refractivity contribution in [2.45, 2.75) is 20.3 Å². The first-order chi connectivity index (χ1) is 10.6. The highest BCUT2D eigenvalue weighted by Crippen LogP contribution is 2.13. The summed E-state index contributed by atoms with van der Waals surface area (Å²) in [6.07, 6.45) is 0.976. The van der Waals surface area contributed by atoms with Crippen LogP contribution < -0.4 is 10.6 Å². The van der Waals surface area contributed by atoms with Crippen LogP contribution in [0, 0.1) is 13.8 Å². The quantitative estimate of drug-likeness (QED) is 0.730. The molecule has 2 aromatic rings. The fourth-order valence-electron chi connectivity index (χ4n) is 2.23. The molecular weight excluding hydrogens is 268 g/mol. The first kappa shape index (κ1) is 15.9. The highest BCUT2D eigenvalue weighted by atomic mass is 15.0. The number of nitrogens with one attached hydrogen (secondary N) is 2. The maximum absolute atomic E-state index is 4.05. The molecule has 0 saturated heterocycles. The molecule has 114 valence electrons. The number of anilines is 1. The molecular formula is C20H24N2. The summed E-state index contributed by atoms with van der Waals surface area (Å²) in [5.41, 5.74) is 6.58. The van der Waals surface area contributed by atoms with Gasteiger partial charge < -0.3 is 10.6 Å². The summed E-state index contributed by atoms with van der Waals surface area (Å²) in [7, 11) is 0. The van der Waals surface area contributed by atoms with E-state index in [9.17, 15) is 0 Å². The Morgan fingerprint density at radius 3 is 2.27 bits per heavy atom. The first-order valence-corrected chi connectivity index (χ1v) is 7.56. The van der Waals surface area contributed by atoms with Gasteiger partial charge in [-0.25, -0.2) is 0 Å². The molecule has 0 radical (unpaired) electrons. The first-order valence-electron chi connectivity index (χ1n) is 7.56. The maximum atomic E-state index is 4.05. The molecule has 22 heavy (non-hydrogen) atoms. The van der Waals surface area contributed by atoms with Gasteiger partial charge in [-0.1, -0.05) is 55.1 Å². The Morgan fingerprint density at radius 1 is 0.909 bits per heavy atom. The van der Waals surface area contributed by atoms with Gasteiger partial charge in [-0.3, -0.25) is 0 Å². The van der Waals surface area contributed by atoms with E-state index in [0.717, 1.165) is 30.0 Å². The van der Waals surface area contributed by atoms with Gasteiger partial charge in [0.1, 0.15) is 0 Å². The fraction of sp³-hybridized carbons (Fsp3) is 0.200. The van der Waals surface area contributed by atoms with Gasteiger partial charge in [0.05, 0.1) is 5.70 Å². The van der Waals surface area contributed by atoms with E-state index in [1.165, 1.54) is 16.7 Å². The van der Waals surface area contributed by atoms with Crippen molar-refractivity contribution in [3.05, 3.63) is 89.8 Å². The van der Waals surface area contributed by atoms with Crippen LogP contribution in [0.1, 0.15) is 16.7 Å². The Kier molecular flexibility index (Phi) is 5.42. The Labute approximate surface area is 133 Å². The molecule has 0 aliphatic carbocycles. The Bertz CT molecular complexity index is 654. The van der Waals surface area contributed by atoms with Crippen molar-refractivity contribution >= 4 is 5.69 Å². The second-order valence-corrected chi connectivity index (χ2v) is 5.55. The molecule has 2 rings (SSSR count). The predicted molar refractivity (Wildman–Crippen MR) is 96.0 cm³/mol. The van der Waals surface area contributed by atoms with E-state index in [1.807, 2.05) is 12.1 Å². The predicted octanol–water partition coefficient (Wildman–Crippen LogP) is 4.58. The van der Waals surface area contributed by atoms with Crippen molar-refractivity contribution < 1.29 is 0 Å². The molecule has 2 N–H and O–H groups in total. The van der Waals surface area contributed by atoms with Gasteiger partial charge in [0.25, 0.3) is 0 Å². The number of hydrogen-bond acceptors (Lipinski definition) is 2. The second-order valence-electron chi connectivity index (χ2n) is 5.55. The highest BCUT2D eigenvalue weighted by molar-refractivity contribution is 5.52. The molecule has 0 aromatic heterocycles. The summed E-state index contributed by atoms with van der Waals surface area (Å²) in [6.45, 7) is 13.2. The third kappa shape index (κ3) is 4.52. The highest BCUT2D eigenvalue weighted by Gasteiger charge is 2.02. The van der Waals surface area contributed by atoms with Gasteiger partial charge in [-0.15, -0.1) is 0 Å². The largest absolute Gasteiger partial charge is 0.384 e. The zero-order chi connectivity index (χ0) is 15.9. The lowest BCUT2D eigenvalue weighted by atomic mass is 10.1. The number of hydrogen-bond donors (Lipinski definition) is 2. The smallest absolute Gasteiger partial charge is 0.0540 e. The molecule has 0 aliphatic rings. The van der Waals surface area contributed by atoms with E-state index in [2.05, 4.69) is 74.0 Å². The Balaban J connectivity index is 1.80. The van der Waals surface area contributed by atoms with Gasteiger partial charge in [0, 0.05) is 17.9 Å². The van der Waals surface area contributed by atoms with Crippen molar-refractivity contribution in [1.29, 1.82) is 0 Å². The van der Waals surface area contributed by atoms with Crippen LogP contribution >= 0.6 is 0 Å². The summed E-state index contributed by atoms with van der Waals surface area (Å²) in [4.78, 5) is 0. The SMILES string of the molecule is C=C(NCCc1ccccc1C)C(=C)Nc1ccc(C)cc1. The Morgan fingerprint density at radius 2 is 1.59 bits per heavy atom. The molecule has 0 saturated carbocycles. The number of aryl methyl sites for hydroxylation is 2. The summed E-state index contributed by atoms with van der Waals surface area (Å²) >= 11 is 0. The van der Waals surface area contributed by atoms with Crippen molar-refractivity contribution in [3.63, 3.8) is 0 Å². The minimum absolute atomic E-state index is 0.800. The molecule has 0 bridgehead atoms. The van der Waals surface area contributed by atoms with Crippen LogP contribution in [0.25, 0.3) is 0 Å². The summed E-state index contributed by atoms with van der Waals surface area (Å²) in [6, 6.07) is 16.7.